The molecule has 0 saturated carbocycles. The second-order valence-corrected chi connectivity index (χ2v) is 8.31. The molecular formula is C30H23F3N2O3. The lowest BCUT2D eigenvalue weighted by atomic mass is 10.1. The van der Waals surface area contributed by atoms with Crippen LogP contribution in [0.5, 0.6) is 11.5 Å². The van der Waals surface area contributed by atoms with E-state index >= 15 is 0 Å². The number of anilines is 1. The highest BCUT2D eigenvalue weighted by atomic mass is 19.4. The number of ether oxygens (including phenoxy) is 2. The minimum absolute atomic E-state index is 0.0709. The Morgan fingerprint density at radius 1 is 0.921 bits per heavy atom. The fourth-order valence-corrected chi connectivity index (χ4v) is 3.78. The molecule has 0 aliphatic rings. The third-order valence-corrected chi connectivity index (χ3v) is 5.60. The highest BCUT2D eigenvalue weighted by Crippen LogP contribution is 2.32. The summed E-state index contributed by atoms with van der Waals surface area (Å²) < 4.78 is 50.6. The van der Waals surface area contributed by atoms with Crippen LogP contribution in [0.15, 0.2) is 90.5 Å². The Kier molecular flexibility index (Phi) is 7.97. The molecule has 1 amide bonds. The van der Waals surface area contributed by atoms with Crippen molar-refractivity contribution in [2.45, 2.75) is 19.7 Å². The van der Waals surface area contributed by atoms with E-state index in [9.17, 15) is 23.2 Å². The van der Waals surface area contributed by atoms with Crippen LogP contribution in [0.25, 0.3) is 16.8 Å². The zero-order chi connectivity index (χ0) is 27.1. The molecule has 0 atom stereocenters. The van der Waals surface area contributed by atoms with Crippen LogP contribution < -0.4 is 14.8 Å². The van der Waals surface area contributed by atoms with Crippen molar-refractivity contribution in [3.63, 3.8) is 0 Å². The van der Waals surface area contributed by atoms with Gasteiger partial charge in [0.1, 0.15) is 18.2 Å². The van der Waals surface area contributed by atoms with Crippen molar-refractivity contribution in [1.29, 1.82) is 5.26 Å². The van der Waals surface area contributed by atoms with Gasteiger partial charge >= 0.3 is 6.18 Å². The largest absolute Gasteiger partial charge is 0.490 e. The third-order valence-electron chi connectivity index (χ3n) is 5.60. The van der Waals surface area contributed by atoms with Crippen molar-refractivity contribution in [3.05, 3.63) is 107 Å². The number of amides is 1. The molecule has 0 spiro atoms. The number of hydrogen-bond acceptors (Lipinski definition) is 4. The van der Waals surface area contributed by atoms with E-state index in [1.54, 1.807) is 24.3 Å². The monoisotopic (exact) mass is 516 g/mol. The van der Waals surface area contributed by atoms with Crippen molar-refractivity contribution < 1.29 is 27.4 Å². The van der Waals surface area contributed by atoms with Crippen molar-refractivity contribution in [1.82, 2.24) is 0 Å². The summed E-state index contributed by atoms with van der Waals surface area (Å²) in [7, 11) is 0. The van der Waals surface area contributed by atoms with Gasteiger partial charge in [0.25, 0.3) is 5.91 Å². The molecule has 8 heteroatoms. The molecule has 192 valence electrons. The summed E-state index contributed by atoms with van der Waals surface area (Å²) in [5.41, 5.74) is 0.210. The summed E-state index contributed by atoms with van der Waals surface area (Å²) in [5, 5.41) is 14.1. The van der Waals surface area contributed by atoms with E-state index in [1.807, 2.05) is 43.3 Å². The van der Waals surface area contributed by atoms with E-state index in [0.717, 1.165) is 28.5 Å². The molecule has 4 aromatic carbocycles. The Balaban J connectivity index is 1.51. The van der Waals surface area contributed by atoms with Crippen molar-refractivity contribution in [2.75, 3.05) is 11.9 Å². The SMILES string of the molecule is CCOc1cc(/C=C(/C#N)C(=O)Nc2cccc(C(F)(F)F)c2)ccc1OCc1ccc2ccccc2c1. The topological polar surface area (TPSA) is 71.3 Å². The van der Waals surface area contributed by atoms with Crippen LogP contribution in [0.1, 0.15) is 23.6 Å². The summed E-state index contributed by atoms with van der Waals surface area (Å²) in [6.07, 6.45) is -3.22. The molecule has 1 N–H and O–H groups in total. The summed E-state index contributed by atoms with van der Waals surface area (Å²) >= 11 is 0. The lowest BCUT2D eigenvalue weighted by Crippen LogP contribution is -2.14. The predicted molar refractivity (Wildman–Crippen MR) is 140 cm³/mol. The molecule has 0 radical (unpaired) electrons. The lowest BCUT2D eigenvalue weighted by Gasteiger charge is -2.13. The Morgan fingerprint density at radius 2 is 1.71 bits per heavy atom. The Morgan fingerprint density at radius 3 is 2.45 bits per heavy atom. The summed E-state index contributed by atoms with van der Waals surface area (Å²) in [6, 6.07) is 25.1. The van der Waals surface area contributed by atoms with E-state index in [1.165, 1.54) is 18.2 Å². The molecule has 0 unspecified atom stereocenters. The van der Waals surface area contributed by atoms with Crippen LogP contribution in [0.2, 0.25) is 0 Å². The van der Waals surface area contributed by atoms with Gasteiger partial charge in [-0.2, -0.15) is 18.4 Å². The second-order valence-electron chi connectivity index (χ2n) is 8.31. The molecule has 0 aliphatic heterocycles. The third kappa shape index (κ3) is 6.51. The highest BCUT2D eigenvalue weighted by molar-refractivity contribution is 6.09. The molecule has 4 rings (SSSR count). The van der Waals surface area contributed by atoms with Gasteiger partial charge < -0.3 is 14.8 Å². The molecule has 0 aliphatic carbocycles. The zero-order valence-electron chi connectivity index (χ0n) is 20.4. The van der Waals surface area contributed by atoms with Gasteiger partial charge in [0.15, 0.2) is 11.5 Å². The first-order valence-electron chi connectivity index (χ1n) is 11.7. The number of nitrogens with zero attached hydrogens (tertiary/aromatic N) is 1. The van der Waals surface area contributed by atoms with Gasteiger partial charge in [-0.3, -0.25) is 4.79 Å². The number of alkyl halides is 3. The van der Waals surface area contributed by atoms with Gasteiger partial charge in [-0.1, -0.05) is 48.5 Å². The fourth-order valence-electron chi connectivity index (χ4n) is 3.78. The number of hydrogen-bond donors (Lipinski definition) is 1. The summed E-state index contributed by atoms with van der Waals surface area (Å²) in [5.74, 6) is 0.0862. The maximum absolute atomic E-state index is 13.0. The van der Waals surface area contributed by atoms with Gasteiger partial charge in [0.05, 0.1) is 12.2 Å². The van der Waals surface area contributed by atoms with Gasteiger partial charge in [-0.15, -0.1) is 0 Å². The minimum atomic E-state index is -4.55. The van der Waals surface area contributed by atoms with Crippen LogP contribution in [0, 0.1) is 11.3 Å². The van der Waals surface area contributed by atoms with Crippen LogP contribution in [-0.2, 0) is 17.6 Å². The molecule has 38 heavy (non-hydrogen) atoms. The quantitative estimate of drug-likeness (QED) is 0.196. The number of halogens is 3. The maximum Gasteiger partial charge on any atom is 0.416 e. The second kappa shape index (κ2) is 11.5. The van der Waals surface area contributed by atoms with Gasteiger partial charge in [0, 0.05) is 5.69 Å². The summed E-state index contributed by atoms with van der Waals surface area (Å²) in [6.45, 7) is 2.49. The standard InChI is InChI=1S/C30H23F3N2O3/c1-2-37-28-16-20(11-13-27(28)38-19-21-10-12-22-6-3-4-7-23(22)15-21)14-24(18-34)29(36)35-26-9-5-8-25(17-26)30(31,32)33/h3-17H,2,19H2,1H3,(H,35,36)/b24-14-. The zero-order valence-corrected chi connectivity index (χ0v) is 20.4. The maximum atomic E-state index is 13.0. The van der Waals surface area contributed by atoms with Crippen LogP contribution >= 0.6 is 0 Å². The van der Waals surface area contributed by atoms with Crippen LogP contribution in [-0.4, -0.2) is 12.5 Å². The number of benzene rings is 4. The van der Waals surface area contributed by atoms with E-state index in [-0.39, 0.29) is 11.3 Å². The number of nitriles is 1. The minimum Gasteiger partial charge on any atom is -0.490 e. The number of carbonyl (C=O) groups is 1. The van der Waals surface area contributed by atoms with Crippen molar-refractivity contribution in [2.24, 2.45) is 0 Å². The Labute approximate surface area is 217 Å². The molecule has 5 nitrogen and oxygen atoms in total. The predicted octanol–water partition coefficient (Wildman–Crippen LogP) is 7.38. The van der Waals surface area contributed by atoms with Crippen molar-refractivity contribution in [3.8, 4) is 17.6 Å². The van der Waals surface area contributed by atoms with Gasteiger partial charge in [0.2, 0.25) is 0 Å². The Hall–Kier alpha value is -4.77. The molecule has 0 saturated heterocycles. The van der Waals surface area contributed by atoms with Crippen LogP contribution in [0.4, 0.5) is 18.9 Å². The molecule has 0 heterocycles. The van der Waals surface area contributed by atoms with E-state index in [2.05, 4.69) is 11.4 Å². The lowest BCUT2D eigenvalue weighted by molar-refractivity contribution is -0.137. The fraction of sp³-hybridized carbons (Fsp3) is 0.133. The number of nitrogens with one attached hydrogen (secondary N) is 1. The average Bonchev–Trinajstić information content (AvgIpc) is 2.91. The van der Waals surface area contributed by atoms with E-state index < -0.39 is 17.6 Å². The van der Waals surface area contributed by atoms with Crippen molar-refractivity contribution >= 4 is 28.4 Å². The van der Waals surface area contributed by atoms with Gasteiger partial charge in [-0.25, -0.2) is 0 Å². The first kappa shape index (κ1) is 26.3. The van der Waals surface area contributed by atoms with E-state index in [4.69, 9.17) is 9.47 Å². The highest BCUT2D eigenvalue weighted by Gasteiger charge is 2.30. The number of rotatable bonds is 8. The van der Waals surface area contributed by atoms with Gasteiger partial charge in [-0.05, 0) is 71.3 Å². The Bertz CT molecular complexity index is 1540. The van der Waals surface area contributed by atoms with Crippen LogP contribution in [0.3, 0.4) is 0 Å². The molecule has 0 fully saturated rings. The molecule has 0 bridgehead atoms. The smallest absolute Gasteiger partial charge is 0.416 e. The average molecular weight is 517 g/mol. The summed E-state index contributed by atoms with van der Waals surface area (Å²) in [4.78, 5) is 12.6. The molecule has 0 aromatic heterocycles. The molecule has 4 aromatic rings. The number of fused-ring (bicyclic) bond motifs is 1. The molecular weight excluding hydrogens is 493 g/mol. The normalized spacial score (nSPS) is 11.6. The first-order chi connectivity index (χ1) is 18.3. The number of carbonyl (C=O) groups excluding carboxylic acids is 1. The van der Waals surface area contributed by atoms with E-state index in [0.29, 0.717) is 30.3 Å². The first-order valence-corrected chi connectivity index (χ1v) is 11.7.